The molecule has 0 aliphatic carbocycles. The van der Waals surface area contributed by atoms with Gasteiger partial charge in [-0.25, -0.2) is 0 Å². The standard InChI is InChI=1S/C4H5As/c1-2-4-5-3-1/h1,3-4H,2H2. The summed E-state index contributed by atoms with van der Waals surface area (Å²) in [5.74, 6) is 0. The average molecular weight is 128 g/mol. The van der Waals surface area contributed by atoms with Crippen LogP contribution in [0.4, 0.5) is 0 Å². The summed E-state index contributed by atoms with van der Waals surface area (Å²) >= 11 is 0.549. The zero-order valence-corrected chi connectivity index (χ0v) is 4.76. The predicted octanol–water partition coefficient (Wildman–Crippen LogP) is 0.410. The molecule has 0 radical (unpaired) electrons. The quantitative estimate of drug-likeness (QED) is 0.414. The van der Waals surface area contributed by atoms with E-state index in [2.05, 4.69) is 15.7 Å². The minimum absolute atomic E-state index is 0.549. The Balaban J connectivity index is 2.61. The first-order chi connectivity index (χ1) is 2.50. The fraction of sp³-hybridized carbons (Fsp3) is 0.250. The molecular weight excluding hydrogens is 123 g/mol. The van der Waals surface area contributed by atoms with Crippen LogP contribution in [0.1, 0.15) is 6.42 Å². The van der Waals surface area contributed by atoms with E-state index in [4.69, 9.17) is 0 Å². The van der Waals surface area contributed by atoms with Crippen LogP contribution in [0.15, 0.2) is 10.9 Å². The molecule has 0 saturated carbocycles. The molecule has 5 heavy (non-hydrogen) atoms. The molecule has 0 aromatic carbocycles. The molecule has 0 unspecified atom stereocenters. The first-order valence-electron chi connectivity index (χ1n) is 1.67. The Morgan fingerprint density at radius 2 is 2.60 bits per heavy atom. The Labute approximate surface area is 38.1 Å². The molecule has 26 valence electrons. The molecule has 0 aromatic rings. The van der Waals surface area contributed by atoms with Gasteiger partial charge in [0.25, 0.3) is 0 Å². The van der Waals surface area contributed by atoms with Crippen molar-refractivity contribution in [3.05, 3.63) is 10.9 Å². The zero-order chi connectivity index (χ0) is 3.54. The summed E-state index contributed by atoms with van der Waals surface area (Å²) < 4.78 is 0. The van der Waals surface area contributed by atoms with Crippen molar-refractivity contribution in [1.82, 2.24) is 0 Å². The van der Waals surface area contributed by atoms with Gasteiger partial charge in [-0.3, -0.25) is 0 Å². The molecule has 0 amide bonds. The molecule has 0 fully saturated rings. The second-order valence-electron chi connectivity index (χ2n) is 0.952. The second-order valence-corrected chi connectivity index (χ2v) is 2.97. The van der Waals surface area contributed by atoms with Gasteiger partial charge in [0.15, 0.2) is 0 Å². The molecule has 0 spiro atoms. The van der Waals surface area contributed by atoms with Crippen LogP contribution < -0.4 is 0 Å². The second kappa shape index (κ2) is 1.57. The molecule has 0 saturated heterocycles. The van der Waals surface area contributed by atoms with Gasteiger partial charge >= 0.3 is 37.5 Å². The van der Waals surface area contributed by atoms with Crippen LogP contribution in [0, 0.1) is 0 Å². The van der Waals surface area contributed by atoms with Crippen LogP contribution in [-0.2, 0) is 0 Å². The maximum absolute atomic E-state index is 2.34. The third-order valence-corrected chi connectivity index (χ3v) is 2.23. The molecule has 0 aromatic heterocycles. The molecule has 0 N–H and O–H groups in total. The minimum atomic E-state index is 0.549. The summed E-state index contributed by atoms with van der Waals surface area (Å²) in [5.41, 5.74) is 0. The molecular formula is C4H5As. The van der Waals surface area contributed by atoms with Crippen LogP contribution >= 0.6 is 0 Å². The van der Waals surface area contributed by atoms with Gasteiger partial charge in [0.1, 0.15) is 0 Å². The van der Waals surface area contributed by atoms with Crippen molar-refractivity contribution < 1.29 is 0 Å². The van der Waals surface area contributed by atoms with E-state index < -0.39 is 0 Å². The van der Waals surface area contributed by atoms with Crippen molar-refractivity contribution in [2.75, 3.05) is 0 Å². The van der Waals surface area contributed by atoms with Gasteiger partial charge in [-0.05, 0) is 0 Å². The van der Waals surface area contributed by atoms with Gasteiger partial charge in [0.05, 0.1) is 0 Å². The summed E-state index contributed by atoms with van der Waals surface area (Å²) in [4.78, 5) is 4.62. The zero-order valence-electron chi connectivity index (χ0n) is 2.89. The van der Waals surface area contributed by atoms with E-state index in [1.807, 2.05) is 0 Å². The van der Waals surface area contributed by atoms with Crippen molar-refractivity contribution in [2.24, 2.45) is 0 Å². The van der Waals surface area contributed by atoms with Crippen molar-refractivity contribution >= 4 is 20.1 Å². The molecule has 1 heteroatoms. The van der Waals surface area contributed by atoms with Crippen molar-refractivity contribution in [3.63, 3.8) is 0 Å². The van der Waals surface area contributed by atoms with E-state index in [1.54, 1.807) is 0 Å². The summed E-state index contributed by atoms with van der Waals surface area (Å²) in [6.07, 6.45) is 3.46. The van der Waals surface area contributed by atoms with Crippen LogP contribution in [0.2, 0.25) is 0 Å². The van der Waals surface area contributed by atoms with Crippen LogP contribution in [0.25, 0.3) is 0 Å². The van der Waals surface area contributed by atoms with Crippen LogP contribution in [-0.4, -0.2) is 20.1 Å². The monoisotopic (exact) mass is 128 g/mol. The molecule has 0 atom stereocenters. The van der Waals surface area contributed by atoms with E-state index in [9.17, 15) is 0 Å². The number of allylic oxidation sites excluding steroid dienone is 1. The van der Waals surface area contributed by atoms with E-state index in [0.717, 1.165) is 0 Å². The van der Waals surface area contributed by atoms with Crippen molar-refractivity contribution in [2.45, 2.75) is 6.42 Å². The number of hydrogen-bond acceptors (Lipinski definition) is 0. The molecule has 1 heterocycles. The van der Waals surface area contributed by atoms with Crippen molar-refractivity contribution in [3.8, 4) is 0 Å². The molecule has 1 aliphatic rings. The number of hydrogen-bond donors (Lipinski definition) is 0. The molecule has 1 rings (SSSR count). The summed E-state index contributed by atoms with van der Waals surface area (Å²) in [6, 6.07) is 0. The van der Waals surface area contributed by atoms with Gasteiger partial charge in [-0.1, -0.05) is 0 Å². The Bertz CT molecular complexity index is 61.7. The third-order valence-electron chi connectivity index (χ3n) is 0.538. The van der Waals surface area contributed by atoms with Crippen LogP contribution in [0.3, 0.4) is 0 Å². The Hall–Kier alpha value is 0.168. The molecule has 1 aliphatic heterocycles. The van der Waals surface area contributed by atoms with Crippen LogP contribution in [0.5, 0.6) is 0 Å². The Kier molecular flexibility index (Phi) is 1.05. The van der Waals surface area contributed by atoms with E-state index in [-0.39, 0.29) is 0 Å². The Morgan fingerprint density at radius 1 is 1.60 bits per heavy atom. The molecule has 0 bridgehead atoms. The van der Waals surface area contributed by atoms with E-state index in [1.165, 1.54) is 6.42 Å². The van der Waals surface area contributed by atoms with Crippen molar-refractivity contribution in [1.29, 1.82) is 0 Å². The number of rotatable bonds is 0. The normalized spacial score (nSPS) is 20.8. The van der Waals surface area contributed by atoms with Gasteiger partial charge in [-0.15, -0.1) is 0 Å². The van der Waals surface area contributed by atoms with Gasteiger partial charge in [0.2, 0.25) is 0 Å². The fourth-order valence-electron chi connectivity index (χ4n) is 0.304. The SMILES string of the molecule is C1=C[As]=CC1. The van der Waals surface area contributed by atoms with Gasteiger partial charge < -0.3 is 0 Å². The topological polar surface area (TPSA) is 0 Å². The molecule has 0 nitrogen and oxygen atoms in total. The third kappa shape index (κ3) is 0.734. The summed E-state index contributed by atoms with van der Waals surface area (Å²) in [7, 11) is 0. The summed E-state index contributed by atoms with van der Waals surface area (Å²) in [6.45, 7) is 0. The average Bonchev–Trinajstić information content (AvgIpc) is 1.76. The van der Waals surface area contributed by atoms with E-state index in [0.29, 0.717) is 15.3 Å². The fourth-order valence-corrected chi connectivity index (χ4v) is 1.58. The first kappa shape index (κ1) is 3.36. The predicted molar refractivity (Wildman–Crippen MR) is 25.6 cm³/mol. The van der Waals surface area contributed by atoms with Gasteiger partial charge in [-0.2, -0.15) is 0 Å². The maximum atomic E-state index is 2.34. The van der Waals surface area contributed by atoms with Gasteiger partial charge in [0, 0.05) is 0 Å². The Morgan fingerprint density at radius 3 is 2.80 bits per heavy atom. The summed E-state index contributed by atoms with van der Waals surface area (Å²) in [5, 5.41) is 0. The van der Waals surface area contributed by atoms with E-state index >= 15 is 0 Å². The first-order valence-corrected chi connectivity index (χ1v) is 3.83.